The van der Waals surface area contributed by atoms with Crippen molar-refractivity contribution in [3.05, 3.63) is 59.7 Å². The maximum atomic E-state index is 2.22. The third-order valence-electron chi connectivity index (χ3n) is 2.71. The molecule has 0 spiro atoms. The molecule has 0 heterocycles. The average Bonchev–Trinajstić information content (AvgIpc) is 2.56. The average molecular weight is 222 g/mol. The van der Waals surface area contributed by atoms with Crippen molar-refractivity contribution in [2.24, 2.45) is 0 Å². The van der Waals surface area contributed by atoms with E-state index in [1.165, 1.54) is 22.3 Å². The Morgan fingerprint density at radius 3 is 1.53 bits per heavy atom. The van der Waals surface area contributed by atoms with Gasteiger partial charge in [-0.1, -0.05) is 48.5 Å². The van der Waals surface area contributed by atoms with Crippen molar-refractivity contribution in [3.63, 3.8) is 0 Å². The Morgan fingerprint density at radius 1 is 0.667 bits per heavy atom. The van der Waals surface area contributed by atoms with Crippen LogP contribution in [0.5, 0.6) is 0 Å². The van der Waals surface area contributed by atoms with E-state index in [1.54, 1.807) is 0 Å². The number of hydrogen-bond acceptors (Lipinski definition) is 1. The van der Waals surface area contributed by atoms with E-state index in [9.17, 15) is 0 Å². The van der Waals surface area contributed by atoms with Crippen LogP contribution in [-0.2, 0) is 6.42 Å². The van der Waals surface area contributed by atoms with Gasteiger partial charge in [0.15, 0.2) is 0 Å². The van der Waals surface area contributed by atoms with Gasteiger partial charge in [-0.05, 0) is 28.7 Å². The maximum absolute atomic E-state index is 2.22. The van der Waals surface area contributed by atoms with Crippen LogP contribution in [0.1, 0.15) is 11.1 Å². The van der Waals surface area contributed by atoms with Gasteiger partial charge in [0, 0.05) is 0 Å². The van der Waals surface area contributed by atoms with Crippen LogP contribution in [0.15, 0.2) is 48.5 Å². The summed E-state index contributed by atoms with van der Waals surface area (Å²) in [6.07, 6.45) is 1.10. The van der Waals surface area contributed by atoms with E-state index >= 15 is 0 Å². The van der Waals surface area contributed by atoms with Gasteiger partial charge in [0.05, 0.1) is 0 Å². The molecular formula is C13H11KO. The summed E-state index contributed by atoms with van der Waals surface area (Å²) in [7, 11) is 0. The van der Waals surface area contributed by atoms with Crippen molar-refractivity contribution in [2.75, 3.05) is 0 Å². The molecule has 0 atom stereocenters. The van der Waals surface area contributed by atoms with E-state index in [1.807, 2.05) is 0 Å². The van der Waals surface area contributed by atoms with Crippen molar-refractivity contribution in [3.8, 4) is 11.1 Å². The SMILES string of the molecule is [K+].[OH-].c1ccc2c(c1)Cc1ccccc1-2. The minimum absolute atomic E-state index is 0. The van der Waals surface area contributed by atoms with E-state index in [2.05, 4.69) is 48.5 Å². The molecule has 0 saturated carbocycles. The Morgan fingerprint density at radius 2 is 1.07 bits per heavy atom. The second-order valence-electron chi connectivity index (χ2n) is 3.49. The van der Waals surface area contributed by atoms with Crippen LogP contribution in [0.2, 0.25) is 0 Å². The van der Waals surface area contributed by atoms with Crippen LogP contribution in [0, 0.1) is 0 Å². The van der Waals surface area contributed by atoms with Gasteiger partial charge in [-0.25, -0.2) is 0 Å². The number of rotatable bonds is 0. The quantitative estimate of drug-likeness (QED) is 0.496. The van der Waals surface area contributed by atoms with Gasteiger partial charge in [-0.3, -0.25) is 0 Å². The fourth-order valence-corrected chi connectivity index (χ4v) is 2.08. The Balaban J connectivity index is 0.000000562. The molecule has 2 aromatic rings. The Kier molecular flexibility index (Phi) is 4.71. The molecule has 2 aromatic carbocycles. The van der Waals surface area contributed by atoms with Crippen molar-refractivity contribution in [2.45, 2.75) is 6.42 Å². The van der Waals surface area contributed by atoms with E-state index < -0.39 is 0 Å². The van der Waals surface area contributed by atoms with Crippen LogP contribution in [0.25, 0.3) is 11.1 Å². The van der Waals surface area contributed by atoms with Crippen molar-refractivity contribution >= 4 is 0 Å². The molecule has 2 heteroatoms. The molecule has 0 fully saturated rings. The van der Waals surface area contributed by atoms with Crippen molar-refractivity contribution < 1.29 is 56.9 Å². The predicted molar refractivity (Wildman–Crippen MR) is 56.6 cm³/mol. The molecule has 0 radical (unpaired) electrons. The van der Waals surface area contributed by atoms with Crippen LogP contribution in [0.4, 0.5) is 0 Å². The second kappa shape index (κ2) is 5.39. The summed E-state index contributed by atoms with van der Waals surface area (Å²) in [6, 6.07) is 17.3. The van der Waals surface area contributed by atoms with Crippen LogP contribution < -0.4 is 51.4 Å². The monoisotopic (exact) mass is 222 g/mol. The van der Waals surface area contributed by atoms with Gasteiger partial charge in [0.25, 0.3) is 0 Å². The van der Waals surface area contributed by atoms with Gasteiger partial charge in [-0.2, -0.15) is 0 Å². The molecule has 0 aliphatic heterocycles. The molecular weight excluding hydrogens is 211 g/mol. The topological polar surface area (TPSA) is 30.0 Å². The Bertz CT molecular complexity index is 422. The molecule has 0 unspecified atom stereocenters. The summed E-state index contributed by atoms with van der Waals surface area (Å²) in [5.74, 6) is 0. The minimum Gasteiger partial charge on any atom is -0.870 e. The Labute approximate surface area is 132 Å². The zero-order valence-corrected chi connectivity index (χ0v) is 11.9. The fraction of sp³-hybridized carbons (Fsp3) is 0.0769. The smallest absolute Gasteiger partial charge is 0.870 e. The molecule has 1 aliphatic carbocycles. The second-order valence-corrected chi connectivity index (χ2v) is 3.49. The molecule has 0 amide bonds. The van der Waals surface area contributed by atoms with Crippen LogP contribution >= 0.6 is 0 Å². The predicted octanol–water partition coefficient (Wildman–Crippen LogP) is 0.0850. The van der Waals surface area contributed by atoms with Gasteiger partial charge in [0.2, 0.25) is 0 Å². The molecule has 15 heavy (non-hydrogen) atoms. The molecule has 1 aliphatic rings. The van der Waals surface area contributed by atoms with Gasteiger partial charge < -0.3 is 5.48 Å². The summed E-state index contributed by atoms with van der Waals surface area (Å²) < 4.78 is 0. The van der Waals surface area contributed by atoms with Gasteiger partial charge in [-0.15, -0.1) is 0 Å². The molecule has 0 bridgehead atoms. The third kappa shape index (κ3) is 2.25. The number of fused-ring (bicyclic) bond motifs is 3. The zero-order chi connectivity index (χ0) is 8.67. The van der Waals surface area contributed by atoms with Crippen LogP contribution in [0.3, 0.4) is 0 Å². The summed E-state index contributed by atoms with van der Waals surface area (Å²) in [6.45, 7) is 0. The standard InChI is InChI=1S/C13H10.K.H2O/c1-3-7-12-10(5-1)9-11-6-2-4-8-13(11)12;;/h1-8H,9H2;;1H2/q;+1;/p-1. The zero-order valence-electron chi connectivity index (χ0n) is 8.77. The molecule has 1 nitrogen and oxygen atoms in total. The number of hydrogen-bond donors (Lipinski definition) is 0. The first kappa shape index (κ1) is 13.1. The molecule has 70 valence electrons. The summed E-state index contributed by atoms with van der Waals surface area (Å²) in [5.41, 5.74) is 5.75. The van der Waals surface area contributed by atoms with E-state index in [0.717, 1.165) is 6.42 Å². The third-order valence-corrected chi connectivity index (χ3v) is 2.71. The molecule has 0 saturated heterocycles. The molecule has 0 aromatic heterocycles. The largest absolute Gasteiger partial charge is 1.00 e. The molecule has 1 N–H and O–H groups in total. The minimum atomic E-state index is 0. The first-order chi connectivity index (χ1) is 6.45. The van der Waals surface area contributed by atoms with Gasteiger partial charge in [0.1, 0.15) is 0 Å². The summed E-state index contributed by atoms with van der Waals surface area (Å²) in [5, 5.41) is 0. The van der Waals surface area contributed by atoms with Crippen molar-refractivity contribution in [1.29, 1.82) is 0 Å². The first-order valence-electron chi connectivity index (χ1n) is 4.61. The van der Waals surface area contributed by atoms with Crippen LogP contribution in [-0.4, -0.2) is 5.48 Å². The van der Waals surface area contributed by atoms with Crippen molar-refractivity contribution in [1.82, 2.24) is 0 Å². The summed E-state index contributed by atoms with van der Waals surface area (Å²) in [4.78, 5) is 0. The number of benzene rings is 2. The molecule has 3 rings (SSSR count). The maximum Gasteiger partial charge on any atom is 1.00 e. The van der Waals surface area contributed by atoms with E-state index in [0.29, 0.717) is 0 Å². The normalized spacial score (nSPS) is 10.7. The van der Waals surface area contributed by atoms with E-state index in [4.69, 9.17) is 0 Å². The van der Waals surface area contributed by atoms with Gasteiger partial charge >= 0.3 is 51.4 Å². The first-order valence-corrected chi connectivity index (χ1v) is 4.61. The van der Waals surface area contributed by atoms with E-state index in [-0.39, 0.29) is 56.9 Å². The fourth-order valence-electron chi connectivity index (χ4n) is 2.08. The Hall–Kier alpha value is 0.0364. The summed E-state index contributed by atoms with van der Waals surface area (Å²) >= 11 is 0.